The Hall–Kier alpha value is -1.69. The number of rotatable bonds is 1. The zero-order valence-electron chi connectivity index (χ0n) is 10.1. The monoisotopic (exact) mass is 321 g/mol. The lowest BCUT2D eigenvalue weighted by atomic mass is 9.95. The van der Waals surface area contributed by atoms with Crippen LogP contribution in [0.25, 0.3) is 11.1 Å². The molecule has 0 amide bonds. The van der Waals surface area contributed by atoms with Gasteiger partial charge in [0.25, 0.3) is 0 Å². The Balaban J connectivity index is 2.08. The van der Waals surface area contributed by atoms with E-state index >= 15 is 0 Å². The van der Waals surface area contributed by atoms with Crippen molar-refractivity contribution in [3.63, 3.8) is 0 Å². The number of hydrogen-bond donors (Lipinski definition) is 2. The van der Waals surface area contributed by atoms with Gasteiger partial charge in [-0.15, -0.1) is 0 Å². The number of halogens is 1. The molecule has 98 valence electrons. The van der Waals surface area contributed by atoms with Crippen LogP contribution in [0.4, 0.5) is 5.82 Å². The molecular weight excluding hydrogens is 310 g/mol. The smallest absolute Gasteiger partial charge is 0.137 e. The van der Waals surface area contributed by atoms with Crippen LogP contribution >= 0.6 is 15.9 Å². The quantitative estimate of drug-likeness (QED) is 0.845. The standard InChI is InChI=1S/C13H12BrN3O2/c14-10-7-2-4-18-11(7)9(6-1-3-19-12(6)10)8-5-16-17-13(8)15/h5H,1-4H2,(H3,15,16,17). The molecule has 0 radical (unpaired) electrons. The molecule has 0 atom stereocenters. The van der Waals surface area contributed by atoms with Crippen molar-refractivity contribution in [2.75, 3.05) is 18.9 Å². The maximum atomic E-state index is 5.97. The topological polar surface area (TPSA) is 73.2 Å². The van der Waals surface area contributed by atoms with Crippen LogP contribution in [0.5, 0.6) is 11.5 Å². The van der Waals surface area contributed by atoms with Crippen molar-refractivity contribution in [3.8, 4) is 22.6 Å². The second kappa shape index (κ2) is 3.90. The minimum Gasteiger partial charge on any atom is -0.492 e. The molecule has 0 unspecified atom stereocenters. The van der Waals surface area contributed by atoms with E-state index in [0.717, 1.165) is 51.1 Å². The molecule has 0 spiro atoms. The summed E-state index contributed by atoms with van der Waals surface area (Å²) in [6, 6.07) is 0. The number of nitrogens with one attached hydrogen (secondary N) is 1. The van der Waals surface area contributed by atoms with Gasteiger partial charge < -0.3 is 15.2 Å². The molecule has 2 aromatic rings. The summed E-state index contributed by atoms with van der Waals surface area (Å²) >= 11 is 3.64. The fraction of sp³-hybridized carbons (Fsp3) is 0.308. The summed E-state index contributed by atoms with van der Waals surface area (Å²) in [5.41, 5.74) is 10.2. The molecule has 19 heavy (non-hydrogen) atoms. The van der Waals surface area contributed by atoms with Gasteiger partial charge >= 0.3 is 0 Å². The minimum absolute atomic E-state index is 0.564. The molecule has 4 rings (SSSR count). The van der Waals surface area contributed by atoms with Gasteiger partial charge in [0, 0.05) is 35.1 Å². The van der Waals surface area contributed by atoms with E-state index in [1.165, 1.54) is 0 Å². The Labute approximate surface area is 118 Å². The van der Waals surface area contributed by atoms with Crippen LogP contribution in [0.1, 0.15) is 11.1 Å². The van der Waals surface area contributed by atoms with E-state index in [9.17, 15) is 0 Å². The van der Waals surface area contributed by atoms with Crippen LogP contribution in [-0.2, 0) is 12.8 Å². The zero-order chi connectivity index (χ0) is 13.0. The summed E-state index contributed by atoms with van der Waals surface area (Å²) in [6.45, 7) is 1.39. The van der Waals surface area contributed by atoms with Crippen LogP contribution in [-0.4, -0.2) is 23.4 Å². The number of fused-ring (bicyclic) bond motifs is 2. The number of H-pyrrole nitrogens is 1. The van der Waals surface area contributed by atoms with Crippen molar-refractivity contribution in [2.24, 2.45) is 0 Å². The van der Waals surface area contributed by atoms with Gasteiger partial charge in [-0.25, -0.2) is 0 Å². The number of nitrogen functional groups attached to an aromatic ring is 1. The highest BCUT2D eigenvalue weighted by Gasteiger charge is 2.32. The zero-order valence-corrected chi connectivity index (χ0v) is 11.7. The fourth-order valence-electron chi connectivity index (χ4n) is 2.83. The molecule has 1 aromatic heterocycles. The van der Waals surface area contributed by atoms with Crippen LogP contribution in [0.15, 0.2) is 10.7 Å². The molecule has 0 saturated carbocycles. The molecule has 0 aliphatic carbocycles. The van der Waals surface area contributed by atoms with Crippen molar-refractivity contribution >= 4 is 21.7 Å². The number of ether oxygens (including phenoxy) is 2. The Morgan fingerprint density at radius 2 is 1.89 bits per heavy atom. The normalized spacial score (nSPS) is 15.8. The van der Waals surface area contributed by atoms with Gasteiger partial charge in [-0.05, 0) is 15.9 Å². The highest BCUT2D eigenvalue weighted by molar-refractivity contribution is 9.10. The Bertz CT molecular complexity index is 646. The number of aromatic nitrogens is 2. The van der Waals surface area contributed by atoms with E-state index in [1.807, 2.05) is 0 Å². The van der Waals surface area contributed by atoms with E-state index < -0.39 is 0 Å². The summed E-state index contributed by atoms with van der Waals surface area (Å²) in [5, 5.41) is 6.80. The number of anilines is 1. The molecule has 0 fully saturated rings. The second-order valence-corrected chi connectivity index (χ2v) is 5.49. The summed E-state index contributed by atoms with van der Waals surface area (Å²) in [6.07, 6.45) is 3.50. The second-order valence-electron chi connectivity index (χ2n) is 4.70. The Morgan fingerprint density at radius 1 is 1.16 bits per heavy atom. The Kier molecular flexibility index (Phi) is 2.29. The number of aromatic amines is 1. The van der Waals surface area contributed by atoms with Crippen LogP contribution in [0.2, 0.25) is 0 Å². The van der Waals surface area contributed by atoms with E-state index in [4.69, 9.17) is 15.2 Å². The summed E-state index contributed by atoms with van der Waals surface area (Å²) < 4.78 is 12.6. The first-order valence-corrected chi connectivity index (χ1v) is 6.98. The maximum Gasteiger partial charge on any atom is 0.137 e. The SMILES string of the molecule is Nc1[nH]ncc1-c1c2c(c(Br)c3c1OCC3)OCC2. The van der Waals surface area contributed by atoms with Crippen LogP contribution in [0, 0.1) is 0 Å². The summed E-state index contributed by atoms with van der Waals surface area (Å²) in [7, 11) is 0. The van der Waals surface area contributed by atoms with Gasteiger partial charge in [0.2, 0.25) is 0 Å². The summed E-state index contributed by atoms with van der Waals surface area (Å²) in [5.74, 6) is 2.41. The van der Waals surface area contributed by atoms with Crippen LogP contribution < -0.4 is 15.2 Å². The van der Waals surface area contributed by atoms with Gasteiger partial charge in [0.15, 0.2) is 0 Å². The minimum atomic E-state index is 0.564. The van der Waals surface area contributed by atoms with E-state index in [0.29, 0.717) is 19.0 Å². The molecular formula is C13H12BrN3O2. The average molecular weight is 322 g/mol. The third kappa shape index (κ3) is 1.43. The maximum absolute atomic E-state index is 5.97. The van der Waals surface area contributed by atoms with E-state index in [2.05, 4.69) is 26.1 Å². The van der Waals surface area contributed by atoms with E-state index in [-0.39, 0.29) is 0 Å². The first kappa shape index (κ1) is 11.2. The molecule has 0 saturated heterocycles. The van der Waals surface area contributed by atoms with Crippen molar-refractivity contribution in [3.05, 3.63) is 21.8 Å². The molecule has 0 bridgehead atoms. The van der Waals surface area contributed by atoms with Gasteiger partial charge in [0.05, 0.1) is 23.9 Å². The number of nitrogens with zero attached hydrogens (tertiary/aromatic N) is 1. The molecule has 3 N–H and O–H groups in total. The van der Waals surface area contributed by atoms with Crippen molar-refractivity contribution in [2.45, 2.75) is 12.8 Å². The molecule has 3 heterocycles. The lowest BCUT2D eigenvalue weighted by Gasteiger charge is -2.14. The average Bonchev–Trinajstić information content (AvgIpc) is 3.10. The first-order chi connectivity index (χ1) is 9.27. The predicted molar refractivity (Wildman–Crippen MR) is 74.5 cm³/mol. The highest BCUT2D eigenvalue weighted by Crippen LogP contribution is 2.51. The lowest BCUT2D eigenvalue weighted by Crippen LogP contribution is -1.95. The third-order valence-corrected chi connectivity index (χ3v) is 4.52. The summed E-state index contributed by atoms with van der Waals surface area (Å²) in [4.78, 5) is 0. The number of hydrogen-bond acceptors (Lipinski definition) is 4. The molecule has 2 aliphatic rings. The van der Waals surface area contributed by atoms with Gasteiger partial charge in [-0.1, -0.05) is 0 Å². The van der Waals surface area contributed by atoms with Crippen LogP contribution in [0.3, 0.4) is 0 Å². The van der Waals surface area contributed by atoms with Crippen molar-refractivity contribution in [1.29, 1.82) is 0 Å². The predicted octanol–water partition coefficient (Wildman–Crippen LogP) is 2.29. The van der Waals surface area contributed by atoms with Gasteiger partial charge in [-0.2, -0.15) is 5.10 Å². The lowest BCUT2D eigenvalue weighted by molar-refractivity contribution is 0.354. The van der Waals surface area contributed by atoms with Crippen molar-refractivity contribution < 1.29 is 9.47 Å². The fourth-order valence-corrected chi connectivity index (χ4v) is 3.56. The van der Waals surface area contributed by atoms with Crippen molar-refractivity contribution in [1.82, 2.24) is 10.2 Å². The molecule has 6 heteroatoms. The third-order valence-electron chi connectivity index (χ3n) is 3.68. The molecule has 5 nitrogen and oxygen atoms in total. The first-order valence-electron chi connectivity index (χ1n) is 6.19. The van der Waals surface area contributed by atoms with Gasteiger partial charge in [0.1, 0.15) is 17.3 Å². The largest absolute Gasteiger partial charge is 0.492 e. The molecule has 1 aromatic carbocycles. The highest BCUT2D eigenvalue weighted by atomic mass is 79.9. The van der Waals surface area contributed by atoms with E-state index in [1.54, 1.807) is 6.20 Å². The van der Waals surface area contributed by atoms with Gasteiger partial charge in [-0.3, -0.25) is 5.10 Å². The Morgan fingerprint density at radius 3 is 2.63 bits per heavy atom. The number of benzene rings is 1. The molecule has 2 aliphatic heterocycles. The number of nitrogens with two attached hydrogens (primary N) is 1.